The number of hydrogen-bond acceptors (Lipinski definition) is 2. The molecule has 0 atom stereocenters. The third kappa shape index (κ3) is 3.94. The highest BCUT2D eigenvalue weighted by Gasteiger charge is 1.96. The van der Waals surface area contributed by atoms with E-state index in [2.05, 4.69) is 54.3 Å². The van der Waals surface area contributed by atoms with Crippen molar-refractivity contribution in [2.45, 2.75) is 20.0 Å². The molecule has 3 heteroatoms. The van der Waals surface area contributed by atoms with Crippen LogP contribution < -0.4 is 5.32 Å². The Hall–Kier alpha value is -0.800. The molecule has 0 saturated carbocycles. The van der Waals surface area contributed by atoms with Crippen LogP contribution in [-0.4, -0.2) is 36.7 Å². The Bertz CT molecular complexity index is 253. The number of rotatable bonds is 6. The molecule has 14 heavy (non-hydrogen) atoms. The van der Waals surface area contributed by atoms with Gasteiger partial charge in [0.25, 0.3) is 0 Å². The van der Waals surface area contributed by atoms with Gasteiger partial charge in [-0.3, -0.25) is 0 Å². The van der Waals surface area contributed by atoms with Crippen LogP contribution in [0.4, 0.5) is 0 Å². The van der Waals surface area contributed by atoms with Crippen LogP contribution in [0.1, 0.15) is 12.5 Å². The van der Waals surface area contributed by atoms with Crippen molar-refractivity contribution in [1.29, 1.82) is 0 Å². The second-order valence-electron chi connectivity index (χ2n) is 3.84. The van der Waals surface area contributed by atoms with Gasteiger partial charge in [-0.1, -0.05) is 6.92 Å². The van der Waals surface area contributed by atoms with E-state index >= 15 is 0 Å². The van der Waals surface area contributed by atoms with Crippen molar-refractivity contribution in [2.75, 3.05) is 27.2 Å². The van der Waals surface area contributed by atoms with E-state index in [1.807, 2.05) is 0 Å². The molecule has 1 aromatic heterocycles. The summed E-state index contributed by atoms with van der Waals surface area (Å²) in [4.78, 5) is 2.20. The van der Waals surface area contributed by atoms with E-state index < -0.39 is 0 Å². The zero-order valence-corrected chi connectivity index (χ0v) is 9.45. The zero-order valence-electron chi connectivity index (χ0n) is 9.45. The Morgan fingerprint density at radius 2 is 2.21 bits per heavy atom. The number of nitrogens with one attached hydrogen (secondary N) is 1. The minimum Gasteiger partial charge on any atom is -0.353 e. The second kappa shape index (κ2) is 5.83. The third-order valence-corrected chi connectivity index (χ3v) is 2.20. The Morgan fingerprint density at radius 3 is 2.86 bits per heavy atom. The average molecular weight is 195 g/mol. The monoisotopic (exact) mass is 195 g/mol. The molecule has 1 rings (SSSR count). The Balaban J connectivity index is 2.35. The minimum absolute atomic E-state index is 0.978. The van der Waals surface area contributed by atoms with Crippen molar-refractivity contribution in [3.63, 3.8) is 0 Å². The summed E-state index contributed by atoms with van der Waals surface area (Å²) < 4.78 is 2.24. The van der Waals surface area contributed by atoms with E-state index in [0.29, 0.717) is 0 Å². The molecule has 1 aromatic rings. The first-order valence-corrected chi connectivity index (χ1v) is 5.22. The van der Waals surface area contributed by atoms with Crippen molar-refractivity contribution in [3.8, 4) is 0 Å². The molecule has 3 nitrogen and oxygen atoms in total. The highest BCUT2D eigenvalue weighted by atomic mass is 15.1. The third-order valence-electron chi connectivity index (χ3n) is 2.20. The van der Waals surface area contributed by atoms with Crippen LogP contribution >= 0.6 is 0 Å². The summed E-state index contributed by atoms with van der Waals surface area (Å²) in [6, 6.07) is 2.18. The maximum absolute atomic E-state index is 3.32. The van der Waals surface area contributed by atoms with Crippen LogP contribution in [-0.2, 0) is 13.1 Å². The van der Waals surface area contributed by atoms with E-state index in [9.17, 15) is 0 Å². The van der Waals surface area contributed by atoms with Crippen molar-refractivity contribution >= 4 is 0 Å². The molecule has 0 bridgehead atoms. The van der Waals surface area contributed by atoms with Crippen molar-refractivity contribution < 1.29 is 0 Å². The van der Waals surface area contributed by atoms with Gasteiger partial charge in [0, 0.05) is 32.0 Å². The molecule has 0 aromatic carbocycles. The van der Waals surface area contributed by atoms with Crippen LogP contribution in [0.5, 0.6) is 0 Å². The lowest BCUT2D eigenvalue weighted by atomic mass is 10.3. The molecule has 0 amide bonds. The molecular formula is C11H21N3. The average Bonchev–Trinajstić information content (AvgIpc) is 2.59. The standard InChI is InChI=1S/C11H21N3/c1-4-12-9-11-5-6-14(10-11)8-7-13(2)3/h5-6,10,12H,4,7-9H2,1-3H3. The first-order valence-electron chi connectivity index (χ1n) is 5.22. The van der Waals surface area contributed by atoms with Gasteiger partial charge in [0.2, 0.25) is 0 Å². The summed E-state index contributed by atoms with van der Waals surface area (Å²) in [6.45, 7) is 6.30. The summed E-state index contributed by atoms with van der Waals surface area (Å²) in [5, 5.41) is 3.32. The lowest BCUT2D eigenvalue weighted by molar-refractivity contribution is 0.384. The fourth-order valence-electron chi connectivity index (χ4n) is 1.32. The zero-order chi connectivity index (χ0) is 10.4. The number of likely N-dealkylation sites (N-methyl/N-ethyl adjacent to an activating group) is 1. The lowest BCUT2D eigenvalue weighted by Gasteiger charge is -2.09. The van der Waals surface area contributed by atoms with Gasteiger partial charge in [0.15, 0.2) is 0 Å². The molecule has 0 aliphatic heterocycles. The van der Waals surface area contributed by atoms with Gasteiger partial charge in [0.1, 0.15) is 0 Å². The smallest absolute Gasteiger partial charge is 0.0347 e. The quantitative estimate of drug-likeness (QED) is 0.735. The normalized spacial score (nSPS) is 11.1. The van der Waals surface area contributed by atoms with Gasteiger partial charge in [-0.25, -0.2) is 0 Å². The van der Waals surface area contributed by atoms with Crippen LogP contribution in [0.3, 0.4) is 0 Å². The Kier molecular flexibility index (Phi) is 4.70. The van der Waals surface area contributed by atoms with Crippen LogP contribution in [0.25, 0.3) is 0 Å². The summed E-state index contributed by atoms with van der Waals surface area (Å²) >= 11 is 0. The molecule has 0 unspecified atom stereocenters. The molecular weight excluding hydrogens is 174 g/mol. The topological polar surface area (TPSA) is 20.2 Å². The molecule has 0 saturated heterocycles. The van der Waals surface area contributed by atoms with E-state index in [0.717, 1.165) is 26.2 Å². The SMILES string of the molecule is CCNCc1ccn(CCN(C)C)c1. The molecule has 0 fully saturated rings. The van der Waals surface area contributed by atoms with Gasteiger partial charge in [-0.2, -0.15) is 0 Å². The fraction of sp³-hybridized carbons (Fsp3) is 0.636. The lowest BCUT2D eigenvalue weighted by Crippen LogP contribution is -2.17. The predicted molar refractivity (Wildman–Crippen MR) is 60.4 cm³/mol. The van der Waals surface area contributed by atoms with Gasteiger partial charge in [-0.15, -0.1) is 0 Å². The van der Waals surface area contributed by atoms with E-state index in [-0.39, 0.29) is 0 Å². The van der Waals surface area contributed by atoms with E-state index in [4.69, 9.17) is 0 Å². The highest BCUT2D eigenvalue weighted by Crippen LogP contribution is 2.00. The number of nitrogens with zero attached hydrogens (tertiary/aromatic N) is 2. The fourth-order valence-corrected chi connectivity index (χ4v) is 1.32. The summed E-state index contributed by atoms with van der Waals surface area (Å²) in [6.07, 6.45) is 4.36. The van der Waals surface area contributed by atoms with Gasteiger partial charge in [0.05, 0.1) is 0 Å². The number of hydrogen-bond donors (Lipinski definition) is 1. The maximum Gasteiger partial charge on any atom is 0.0347 e. The summed E-state index contributed by atoms with van der Waals surface area (Å²) in [5.41, 5.74) is 1.37. The first-order chi connectivity index (χ1) is 6.72. The molecule has 0 aliphatic carbocycles. The van der Waals surface area contributed by atoms with Crippen LogP contribution in [0, 0.1) is 0 Å². The molecule has 0 radical (unpaired) electrons. The van der Waals surface area contributed by atoms with Crippen LogP contribution in [0.15, 0.2) is 18.5 Å². The van der Waals surface area contributed by atoms with E-state index in [1.54, 1.807) is 0 Å². The summed E-state index contributed by atoms with van der Waals surface area (Å²) in [5.74, 6) is 0. The van der Waals surface area contributed by atoms with Crippen molar-refractivity contribution in [3.05, 3.63) is 24.0 Å². The predicted octanol–water partition coefficient (Wildman–Crippen LogP) is 1.16. The molecule has 0 spiro atoms. The minimum atomic E-state index is 0.978. The molecule has 1 heterocycles. The van der Waals surface area contributed by atoms with Gasteiger partial charge >= 0.3 is 0 Å². The summed E-state index contributed by atoms with van der Waals surface area (Å²) in [7, 11) is 4.20. The molecule has 0 aliphatic rings. The highest BCUT2D eigenvalue weighted by molar-refractivity contribution is 5.09. The van der Waals surface area contributed by atoms with Crippen LogP contribution in [0.2, 0.25) is 0 Å². The van der Waals surface area contributed by atoms with Gasteiger partial charge < -0.3 is 14.8 Å². The Labute approximate surface area is 86.7 Å². The molecule has 80 valence electrons. The number of aromatic nitrogens is 1. The molecule has 1 N–H and O–H groups in total. The van der Waals surface area contributed by atoms with Gasteiger partial charge in [-0.05, 0) is 32.3 Å². The van der Waals surface area contributed by atoms with Crippen molar-refractivity contribution in [1.82, 2.24) is 14.8 Å². The second-order valence-corrected chi connectivity index (χ2v) is 3.84. The largest absolute Gasteiger partial charge is 0.353 e. The van der Waals surface area contributed by atoms with E-state index in [1.165, 1.54) is 5.56 Å². The van der Waals surface area contributed by atoms with Crippen molar-refractivity contribution in [2.24, 2.45) is 0 Å². The maximum atomic E-state index is 3.32. The first kappa shape index (κ1) is 11.3. The Morgan fingerprint density at radius 1 is 1.43 bits per heavy atom.